The monoisotopic (exact) mass is 298 g/mol. The van der Waals surface area contributed by atoms with E-state index in [9.17, 15) is 9.90 Å². The maximum absolute atomic E-state index is 11.3. The first-order valence-corrected chi connectivity index (χ1v) is 7.51. The van der Waals surface area contributed by atoms with Gasteiger partial charge in [-0.1, -0.05) is 25.1 Å². The minimum atomic E-state index is -0.911. The van der Waals surface area contributed by atoms with Crippen molar-refractivity contribution in [3.05, 3.63) is 46.6 Å². The van der Waals surface area contributed by atoms with Crippen molar-refractivity contribution in [2.24, 2.45) is 0 Å². The lowest BCUT2D eigenvalue weighted by Gasteiger charge is -2.04. The van der Waals surface area contributed by atoms with Gasteiger partial charge in [-0.15, -0.1) is 11.3 Å². The standard InChI is InChI=1S/C16H14N2O2S/c1-3-12-14(16(19)20)21-15(18-12)11-8-9(2)17-13-7-5-4-6-10(11)13/h4-8H,3H2,1-2H3,(H,19,20). The summed E-state index contributed by atoms with van der Waals surface area (Å²) in [6.45, 7) is 3.85. The van der Waals surface area contributed by atoms with Gasteiger partial charge in [0.25, 0.3) is 0 Å². The van der Waals surface area contributed by atoms with Gasteiger partial charge in [-0.25, -0.2) is 9.78 Å². The number of benzene rings is 1. The molecule has 1 aromatic carbocycles. The van der Waals surface area contributed by atoms with Crippen molar-refractivity contribution >= 4 is 28.2 Å². The molecular weight excluding hydrogens is 284 g/mol. The molecule has 0 aliphatic carbocycles. The normalized spacial score (nSPS) is 11.0. The summed E-state index contributed by atoms with van der Waals surface area (Å²) in [6, 6.07) is 9.81. The van der Waals surface area contributed by atoms with Crippen molar-refractivity contribution in [3.8, 4) is 10.6 Å². The van der Waals surface area contributed by atoms with Gasteiger partial charge in [0.2, 0.25) is 0 Å². The van der Waals surface area contributed by atoms with Crippen molar-refractivity contribution in [1.29, 1.82) is 0 Å². The fourth-order valence-corrected chi connectivity index (χ4v) is 3.38. The lowest BCUT2D eigenvalue weighted by atomic mass is 10.1. The van der Waals surface area contributed by atoms with E-state index in [4.69, 9.17) is 0 Å². The third-order valence-electron chi connectivity index (χ3n) is 3.30. The lowest BCUT2D eigenvalue weighted by Crippen LogP contribution is -1.97. The molecule has 4 nitrogen and oxygen atoms in total. The second kappa shape index (κ2) is 5.26. The molecule has 0 unspecified atom stereocenters. The maximum Gasteiger partial charge on any atom is 0.347 e. The van der Waals surface area contributed by atoms with Crippen LogP contribution in [0.15, 0.2) is 30.3 Å². The molecule has 0 atom stereocenters. The number of pyridine rings is 1. The zero-order valence-corrected chi connectivity index (χ0v) is 12.6. The highest BCUT2D eigenvalue weighted by Gasteiger charge is 2.18. The first-order valence-electron chi connectivity index (χ1n) is 6.70. The van der Waals surface area contributed by atoms with Crippen LogP contribution >= 0.6 is 11.3 Å². The van der Waals surface area contributed by atoms with Crippen LogP contribution in [0, 0.1) is 6.92 Å². The zero-order chi connectivity index (χ0) is 15.0. The predicted octanol–water partition coefficient (Wildman–Crippen LogP) is 3.93. The minimum absolute atomic E-state index is 0.325. The number of carboxylic acid groups (broad SMARTS) is 1. The molecule has 0 saturated carbocycles. The quantitative estimate of drug-likeness (QED) is 0.796. The van der Waals surface area contributed by atoms with Crippen LogP contribution in [-0.2, 0) is 6.42 Å². The molecule has 5 heteroatoms. The van der Waals surface area contributed by atoms with Crippen molar-refractivity contribution in [1.82, 2.24) is 9.97 Å². The number of para-hydroxylation sites is 1. The van der Waals surface area contributed by atoms with Crippen LogP contribution in [0.1, 0.15) is 28.0 Å². The fraction of sp³-hybridized carbons (Fsp3) is 0.188. The average molecular weight is 298 g/mol. The summed E-state index contributed by atoms with van der Waals surface area (Å²) in [7, 11) is 0. The first-order chi connectivity index (χ1) is 10.1. The Bertz CT molecular complexity index is 839. The van der Waals surface area contributed by atoms with Gasteiger partial charge in [-0.2, -0.15) is 0 Å². The number of rotatable bonds is 3. The SMILES string of the molecule is CCc1nc(-c2cc(C)nc3ccccc23)sc1C(=O)O. The highest BCUT2D eigenvalue weighted by atomic mass is 32.1. The van der Waals surface area contributed by atoms with Gasteiger partial charge < -0.3 is 5.11 Å². The van der Waals surface area contributed by atoms with E-state index in [1.165, 1.54) is 11.3 Å². The van der Waals surface area contributed by atoms with Crippen LogP contribution in [-0.4, -0.2) is 21.0 Å². The van der Waals surface area contributed by atoms with E-state index in [1.54, 1.807) is 0 Å². The average Bonchev–Trinajstić information content (AvgIpc) is 2.90. The van der Waals surface area contributed by atoms with E-state index in [-0.39, 0.29) is 0 Å². The van der Waals surface area contributed by atoms with Crippen molar-refractivity contribution in [3.63, 3.8) is 0 Å². The number of thiazole rings is 1. The molecule has 3 rings (SSSR count). The summed E-state index contributed by atoms with van der Waals surface area (Å²) < 4.78 is 0. The number of carboxylic acids is 1. The lowest BCUT2D eigenvalue weighted by molar-refractivity contribution is 0.0701. The van der Waals surface area contributed by atoms with E-state index in [1.807, 2.05) is 44.2 Å². The second-order valence-corrected chi connectivity index (χ2v) is 5.78. The second-order valence-electron chi connectivity index (χ2n) is 4.78. The summed E-state index contributed by atoms with van der Waals surface area (Å²) in [4.78, 5) is 20.7. The molecule has 0 bridgehead atoms. The van der Waals surface area contributed by atoms with Crippen molar-refractivity contribution in [2.45, 2.75) is 20.3 Å². The number of nitrogens with zero attached hydrogens (tertiary/aromatic N) is 2. The number of aromatic nitrogens is 2. The molecule has 106 valence electrons. The van der Waals surface area contributed by atoms with Gasteiger partial charge in [-0.3, -0.25) is 4.98 Å². The number of aromatic carboxylic acids is 1. The van der Waals surface area contributed by atoms with Crippen molar-refractivity contribution < 1.29 is 9.90 Å². The number of aryl methyl sites for hydroxylation is 2. The Morgan fingerprint density at radius 1 is 1.29 bits per heavy atom. The van der Waals surface area contributed by atoms with Gasteiger partial charge in [0.05, 0.1) is 11.2 Å². The highest BCUT2D eigenvalue weighted by Crippen LogP contribution is 2.33. The smallest absolute Gasteiger partial charge is 0.347 e. The van der Waals surface area contributed by atoms with E-state index in [0.717, 1.165) is 27.2 Å². The number of hydrogen-bond acceptors (Lipinski definition) is 4. The molecule has 1 N–H and O–H groups in total. The van der Waals surface area contributed by atoms with Crippen molar-refractivity contribution in [2.75, 3.05) is 0 Å². The van der Waals surface area contributed by atoms with Crippen LogP contribution in [0.3, 0.4) is 0 Å². The Balaban J connectivity index is 2.27. The predicted molar refractivity (Wildman–Crippen MR) is 83.9 cm³/mol. The van der Waals surface area contributed by atoms with Crippen LogP contribution in [0.2, 0.25) is 0 Å². The third-order valence-corrected chi connectivity index (χ3v) is 4.42. The number of hydrogen-bond donors (Lipinski definition) is 1. The Morgan fingerprint density at radius 3 is 2.71 bits per heavy atom. The molecule has 3 aromatic rings. The summed E-state index contributed by atoms with van der Waals surface area (Å²) in [5.41, 5.74) is 3.39. The molecule has 0 amide bonds. The molecule has 0 aliphatic heterocycles. The Hall–Kier alpha value is -2.27. The summed E-state index contributed by atoms with van der Waals surface area (Å²) in [5, 5.41) is 11.0. The molecule has 0 spiro atoms. The van der Waals surface area contributed by atoms with E-state index >= 15 is 0 Å². The minimum Gasteiger partial charge on any atom is -0.477 e. The van der Waals surface area contributed by atoms with Gasteiger partial charge in [0, 0.05) is 16.6 Å². The zero-order valence-electron chi connectivity index (χ0n) is 11.8. The Morgan fingerprint density at radius 2 is 2.05 bits per heavy atom. The third kappa shape index (κ3) is 2.40. The van der Waals surface area contributed by atoms with Gasteiger partial charge >= 0.3 is 5.97 Å². The van der Waals surface area contributed by atoms with Gasteiger partial charge in [0.15, 0.2) is 0 Å². The van der Waals surface area contributed by atoms with E-state index < -0.39 is 5.97 Å². The molecular formula is C16H14N2O2S. The van der Waals surface area contributed by atoms with Crippen LogP contribution in [0.5, 0.6) is 0 Å². The van der Waals surface area contributed by atoms with Crippen LogP contribution < -0.4 is 0 Å². The molecule has 0 aliphatic rings. The van der Waals surface area contributed by atoms with Gasteiger partial charge in [0.1, 0.15) is 9.88 Å². The highest BCUT2D eigenvalue weighted by molar-refractivity contribution is 7.17. The van der Waals surface area contributed by atoms with E-state index in [2.05, 4.69) is 9.97 Å². The molecule has 2 aromatic heterocycles. The maximum atomic E-state index is 11.3. The van der Waals surface area contributed by atoms with E-state index in [0.29, 0.717) is 17.0 Å². The fourth-order valence-electron chi connectivity index (χ4n) is 2.36. The topological polar surface area (TPSA) is 63.1 Å². The summed E-state index contributed by atoms with van der Waals surface area (Å²) in [5.74, 6) is -0.911. The largest absolute Gasteiger partial charge is 0.477 e. The van der Waals surface area contributed by atoms with Crippen LogP contribution in [0.25, 0.3) is 21.5 Å². The summed E-state index contributed by atoms with van der Waals surface area (Å²) in [6.07, 6.45) is 0.611. The first kappa shape index (κ1) is 13.7. The number of carbonyl (C=O) groups is 1. The summed E-state index contributed by atoms with van der Waals surface area (Å²) >= 11 is 1.23. The molecule has 0 fully saturated rings. The number of fused-ring (bicyclic) bond motifs is 1. The molecule has 2 heterocycles. The molecule has 0 saturated heterocycles. The Kier molecular flexibility index (Phi) is 3.43. The molecule has 0 radical (unpaired) electrons. The molecule has 21 heavy (non-hydrogen) atoms. The Labute approximate surface area is 126 Å². The van der Waals surface area contributed by atoms with Gasteiger partial charge in [-0.05, 0) is 25.5 Å². The van der Waals surface area contributed by atoms with Crippen LogP contribution in [0.4, 0.5) is 0 Å².